The van der Waals surface area contributed by atoms with Crippen molar-refractivity contribution in [1.29, 1.82) is 0 Å². The number of hydrogen-bond donors (Lipinski definition) is 1. The average molecular weight is 226 g/mol. The third-order valence-corrected chi connectivity index (χ3v) is 4.09. The van der Waals surface area contributed by atoms with Gasteiger partial charge in [-0.3, -0.25) is 0 Å². The summed E-state index contributed by atoms with van der Waals surface area (Å²) in [5.74, 6) is 1.77. The highest BCUT2D eigenvalue weighted by molar-refractivity contribution is 4.81. The normalized spacial score (nSPS) is 31.9. The molecular formula is C14H30N2. The fourth-order valence-corrected chi connectivity index (χ4v) is 2.92. The lowest BCUT2D eigenvalue weighted by Crippen LogP contribution is -2.46. The SMILES string of the molecule is CNCCCCCN1CC(C)CC(C)C1C. The molecule has 0 aliphatic carbocycles. The van der Waals surface area contributed by atoms with Crippen molar-refractivity contribution in [3.63, 3.8) is 0 Å². The molecule has 1 aliphatic heterocycles. The van der Waals surface area contributed by atoms with Gasteiger partial charge in [0.15, 0.2) is 0 Å². The molecule has 3 unspecified atom stereocenters. The van der Waals surface area contributed by atoms with Crippen LogP contribution in [-0.2, 0) is 0 Å². The lowest BCUT2D eigenvalue weighted by molar-refractivity contribution is 0.0781. The zero-order chi connectivity index (χ0) is 12.0. The number of likely N-dealkylation sites (tertiary alicyclic amines) is 1. The second kappa shape index (κ2) is 7.29. The summed E-state index contributed by atoms with van der Waals surface area (Å²) in [6.07, 6.45) is 5.47. The van der Waals surface area contributed by atoms with Crippen LogP contribution >= 0.6 is 0 Å². The number of nitrogens with zero attached hydrogens (tertiary/aromatic N) is 1. The topological polar surface area (TPSA) is 15.3 Å². The molecule has 0 radical (unpaired) electrons. The van der Waals surface area contributed by atoms with E-state index in [4.69, 9.17) is 0 Å². The molecule has 0 amide bonds. The van der Waals surface area contributed by atoms with E-state index in [1.54, 1.807) is 0 Å². The van der Waals surface area contributed by atoms with Crippen molar-refractivity contribution in [1.82, 2.24) is 10.2 Å². The Bertz CT molecular complexity index is 182. The second-order valence-corrected chi connectivity index (χ2v) is 5.72. The summed E-state index contributed by atoms with van der Waals surface area (Å²) in [4.78, 5) is 2.71. The number of nitrogens with one attached hydrogen (secondary N) is 1. The molecule has 0 aromatic heterocycles. The summed E-state index contributed by atoms with van der Waals surface area (Å²) >= 11 is 0. The molecule has 2 nitrogen and oxygen atoms in total. The van der Waals surface area contributed by atoms with Gasteiger partial charge < -0.3 is 10.2 Å². The molecule has 1 aliphatic rings. The maximum atomic E-state index is 3.22. The Labute approximate surface area is 102 Å². The molecule has 1 heterocycles. The van der Waals surface area contributed by atoms with Crippen LogP contribution in [0.2, 0.25) is 0 Å². The molecule has 0 bridgehead atoms. The van der Waals surface area contributed by atoms with Crippen molar-refractivity contribution in [2.45, 2.75) is 52.5 Å². The van der Waals surface area contributed by atoms with E-state index in [-0.39, 0.29) is 0 Å². The lowest BCUT2D eigenvalue weighted by atomic mass is 9.86. The predicted molar refractivity (Wildman–Crippen MR) is 71.8 cm³/mol. The van der Waals surface area contributed by atoms with Crippen molar-refractivity contribution >= 4 is 0 Å². The van der Waals surface area contributed by atoms with Gasteiger partial charge >= 0.3 is 0 Å². The van der Waals surface area contributed by atoms with E-state index in [1.165, 1.54) is 45.3 Å². The van der Waals surface area contributed by atoms with Crippen molar-refractivity contribution < 1.29 is 0 Å². The summed E-state index contributed by atoms with van der Waals surface area (Å²) in [7, 11) is 2.04. The number of hydrogen-bond acceptors (Lipinski definition) is 2. The van der Waals surface area contributed by atoms with E-state index in [0.29, 0.717) is 0 Å². The van der Waals surface area contributed by atoms with E-state index in [1.807, 2.05) is 7.05 Å². The quantitative estimate of drug-likeness (QED) is 0.701. The summed E-state index contributed by atoms with van der Waals surface area (Å²) in [5, 5.41) is 3.22. The van der Waals surface area contributed by atoms with Crippen LogP contribution in [-0.4, -0.2) is 37.6 Å². The molecule has 0 spiro atoms. The predicted octanol–water partition coefficient (Wildman–Crippen LogP) is 2.74. The summed E-state index contributed by atoms with van der Waals surface area (Å²) in [5.41, 5.74) is 0. The second-order valence-electron chi connectivity index (χ2n) is 5.72. The van der Waals surface area contributed by atoms with Crippen LogP contribution in [0.5, 0.6) is 0 Å². The Morgan fingerprint density at radius 2 is 1.88 bits per heavy atom. The van der Waals surface area contributed by atoms with Crippen LogP contribution < -0.4 is 5.32 Å². The molecule has 0 aromatic carbocycles. The molecule has 1 saturated heterocycles. The average Bonchev–Trinajstić information content (AvgIpc) is 2.24. The molecule has 96 valence electrons. The number of unbranched alkanes of at least 4 members (excludes halogenated alkanes) is 2. The van der Waals surface area contributed by atoms with Gasteiger partial charge in [-0.1, -0.05) is 20.3 Å². The Kier molecular flexibility index (Phi) is 6.37. The van der Waals surface area contributed by atoms with E-state index in [9.17, 15) is 0 Å². The zero-order valence-corrected chi connectivity index (χ0v) is 11.6. The highest BCUT2D eigenvalue weighted by Crippen LogP contribution is 2.26. The van der Waals surface area contributed by atoms with Gasteiger partial charge in [0.1, 0.15) is 0 Å². The first kappa shape index (κ1) is 14.0. The van der Waals surface area contributed by atoms with Gasteiger partial charge in [0.2, 0.25) is 0 Å². The fraction of sp³-hybridized carbons (Fsp3) is 1.00. The number of rotatable bonds is 6. The summed E-state index contributed by atoms with van der Waals surface area (Å²) in [6.45, 7) is 11.0. The van der Waals surface area contributed by atoms with Crippen molar-refractivity contribution in [3.8, 4) is 0 Å². The molecule has 16 heavy (non-hydrogen) atoms. The largest absolute Gasteiger partial charge is 0.320 e. The van der Waals surface area contributed by atoms with Gasteiger partial charge in [0.05, 0.1) is 0 Å². The minimum absolute atomic E-state index is 0.792. The van der Waals surface area contributed by atoms with Crippen LogP contribution in [0, 0.1) is 11.8 Å². The Morgan fingerprint density at radius 3 is 2.56 bits per heavy atom. The third-order valence-electron chi connectivity index (χ3n) is 4.09. The first-order valence-corrected chi connectivity index (χ1v) is 7.03. The van der Waals surface area contributed by atoms with Crippen LogP contribution in [0.3, 0.4) is 0 Å². The minimum atomic E-state index is 0.792. The third kappa shape index (κ3) is 4.42. The van der Waals surface area contributed by atoms with Gasteiger partial charge in [0.25, 0.3) is 0 Å². The minimum Gasteiger partial charge on any atom is -0.320 e. The molecule has 1 rings (SSSR count). The fourth-order valence-electron chi connectivity index (χ4n) is 2.92. The Balaban J connectivity index is 2.19. The monoisotopic (exact) mass is 226 g/mol. The van der Waals surface area contributed by atoms with Gasteiger partial charge in [-0.05, 0) is 58.2 Å². The van der Waals surface area contributed by atoms with Gasteiger partial charge in [-0.15, -0.1) is 0 Å². The zero-order valence-electron chi connectivity index (χ0n) is 11.6. The van der Waals surface area contributed by atoms with Crippen LogP contribution in [0.15, 0.2) is 0 Å². The molecule has 3 atom stereocenters. The van der Waals surface area contributed by atoms with Crippen LogP contribution in [0.4, 0.5) is 0 Å². The van der Waals surface area contributed by atoms with E-state index < -0.39 is 0 Å². The Hall–Kier alpha value is -0.0800. The highest BCUT2D eigenvalue weighted by Gasteiger charge is 2.27. The number of piperidine rings is 1. The highest BCUT2D eigenvalue weighted by atomic mass is 15.2. The molecular weight excluding hydrogens is 196 g/mol. The first-order chi connectivity index (χ1) is 7.65. The standard InChI is InChI=1S/C14H30N2/c1-12-10-13(2)14(3)16(11-12)9-7-5-6-8-15-4/h12-15H,5-11H2,1-4H3. The van der Waals surface area contributed by atoms with Gasteiger partial charge in [-0.2, -0.15) is 0 Å². The lowest BCUT2D eigenvalue weighted by Gasteiger charge is -2.41. The Morgan fingerprint density at radius 1 is 1.12 bits per heavy atom. The van der Waals surface area contributed by atoms with E-state index >= 15 is 0 Å². The van der Waals surface area contributed by atoms with Crippen molar-refractivity contribution in [2.75, 3.05) is 26.7 Å². The van der Waals surface area contributed by atoms with Crippen LogP contribution in [0.25, 0.3) is 0 Å². The van der Waals surface area contributed by atoms with Crippen LogP contribution in [0.1, 0.15) is 46.5 Å². The van der Waals surface area contributed by atoms with Crippen molar-refractivity contribution in [3.05, 3.63) is 0 Å². The molecule has 1 N–H and O–H groups in total. The molecule has 0 saturated carbocycles. The van der Waals surface area contributed by atoms with E-state index in [0.717, 1.165) is 17.9 Å². The molecule has 2 heteroatoms. The smallest absolute Gasteiger partial charge is 0.00927 e. The first-order valence-electron chi connectivity index (χ1n) is 7.03. The maximum absolute atomic E-state index is 3.22. The molecule has 0 aromatic rings. The summed E-state index contributed by atoms with van der Waals surface area (Å²) in [6, 6.07) is 0.792. The molecule has 1 fully saturated rings. The summed E-state index contributed by atoms with van der Waals surface area (Å²) < 4.78 is 0. The van der Waals surface area contributed by atoms with Gasteiger partial charge in [0, 0.05) is 12.6 Å². The van der Waals surface area contributed by atoms with Gasteiger partial charge in [-0.25, -0.2) is 0 Å². The van der Waals surface area contributed by atoms with E-state index in [2.05, 4.69) is 31.0 Å². The van der Waals surface area contributed by atoms with Crippen molar-refractivity contribution in [2.24, 2.45) is 11.8 Å². The maximum Gasteiger partial charge on any atom is 0.00927 e.